The number of aryl methyl sites for hydroxylation is 2. The van der Waals surface area contributed by atoms with E-state index in [2.05, 4.69) is 44.5 Å². The molecule has 0 unspecified atom stereocenters. The molecule has 0 saturated carbocycles. The number of nitrogens with zero attached hydrogens (tertiary/aromatic N) is 3. The van der Waals surface area contributed by atoms with Crippen LogP contribution in [0.1, 0.15) is 22.6 Å². The molecule has 0 bridgehead atoms. The zero-order valence-corrected chi connectivity index (χ0v) is 13.7. The predicted octanol–water partition coefficient (Wildman–Crippen LogP) is 4.08. The van der Waals surface area contributed by atoms with Gasteiger partial charge in [-0.2, -0.15) is 0 Å². The van der Waals surface area contributed by atoms with Gasteiger partial charge in [0.25, 0.3) is 0 Å². The number of aromatic nitrogens is 3. The molecule has 0 aliphatic rings. The molecule has 1 aromatic carbocycles. The Kier molecular flexibility index (Phi) is 4.33. The molecule has 4 heteroatoms. The second-order valence-electron chi connectivity index (χ2n) is 5.60. The van der Waals surface area contributed by atoms with E-state index in [1.54, 1.807) is 0 Å². The van der Waals surface area contributed by atoms with Crippen molar-refractivity contribution in [2.24, 2.45) is 0 Å². The first-order valence-corrected chi connectivity index (χ1v) is 7.69. The van der Waals surface area contributed by atoms with E-state index in [0.29, 0.717) is 0 Å². The quantitative estimate of drug-likeness (QED) is 0.789. The molecular formula is C19H20N4. The lowest BCUT2D eigenvalue weighted by Crippen LogP contribution is -2.07. The second-order valence-corrected chi connectivity index (χ2v) is 5.60. The van der Waals surface area contributed by atoms with Gasteiger partial charge in [0.05, 0.1) is 5.69 Å². The van der Waals surface area contributed by atoms with E-state index in [0.717, 1.165) is 40.7 Å². The van der Waals surface area contributed by atoms with Crippen molar-refractivity contribution in [3.8, 4) is 11.3 Å². The minimum absolute atomic E-state index is 0.720. The van der Waals surface area contributed by atoms with Crippen LogP contribution in [0.2, 0.25) is 0 Å². The molecule has 3 rings (SSSR count). The third-order valence-electron chi connectivity index (χ3n) is 3.85. The van der Waals surface area contributed by atoms with E-state index < -0.39 is 0 Å². The topological polar surface area (TPSA) is 50.7 Å². The van der Waals surface area contributed by atoms with Crippen molar-refractivity contribution in [3.63, 3.8) is 0 Å². The molecule has 2 aromatic heterocycles. The number of nitrogens with one attached hydrogen (secondary N) is 1. The molecule has 1 N–H and O–H groups in total. The summed E-state index contributed by atoms with van der Waals surface area (Å²) < 4.78 is 0. The van der Waals surface area contributed by atoms with Gasteiger partial charge in [-0.3, -0.25) is 4.98 Å². The van der Waals surface area contributed by atoms with Crippen molar-refractivity contribution >= 4 is 5.82 Å². The summed E-state index contributed by atoms with van der Waals surface area (Å²) in [4.78, 5) is 13.3. The second kappa shape index (κ2) is 6.57. The van der Waals surface area contributed by atoms with Gasteiger partial charge in [-0.25, -0.2) is 9.97 Å². The first-order valence-electron chi connectivity index (χ1n) is 7.69. The molecule has 0 aliphatic heterocycles. The Balaban J connectivity index is 1.79. The van der Waals surface area contributed by atoms with E-state index in [1.807, 2.05) is 45.2 Å². The molecule has 0 amide bonds. The Morgan fingerprint density at radius 1 is 0.957 bits per heavy atom. The van der Waals surface area contributed by atoms with Crippen LogP contribution in [0.3, 0.4) is 0 Å². The molecule has 0 saturated heterocycles. The van der Waals surface area contributed by atoms with Gasteiger partial charge in [0.1, 0.15) is 11.6 Å². The highest BCUT2D eigenvalue weighted by Gasteiger charge is 2.06. The van der Waals surface area contributed by atoms with Crippen LogP contribution in [0.15, 0.2) is 48.7 Å². The van der Waals surface area contributed by atoms with Crippen LogP contribution in [0.4, 0.5) is 5.82 Å². The molecular weight excluding hydrogens is 284 g/mol. The van der Waals surface area contributed by atoms with Crippen molar-refractivity contribution in [3.05, 3.63) is 71.3 Å². The van der Waals surface area contributed by atoms with E-state index in [-0.39, 0.29) is 0 Å². The van der Waals surface area contributed by atoms with Crippen LogP contribution in [0, 0.1) is 20.8 Å². The third kappa shape index (κ3) is 3.54. The molecule has 116 valence electrons. The molecule has 0 fully saturated rings. The standard InChI is InChI=1S/C19H20N4/c1-13-14(2)22-15(3)23-19(13)21-12-16-7-6-8-17(11-16)18-9-4-5-10-20-18/h4-11H,12H2,1-3H3,(H,21,22,23). The van der Waals surface area contributed by atoms with Crippen LogP contribution in [-0.4, -0.2) is 15.0 Å². The third-order valence-corrected chi connectivity index (χ3v) is 3.85. The fraction of sp³-hybridized carbons (Fsp3) is 0.211. The zero-order valence-electron chi connectivity index (χ0n) is 13.7. The largest absolute Gasteiger partial charge is 0.366 e. The maximum Gasteiger partial charge on any atom is 0.133 e. The van der Waals surface area contributed by atoms with Gasteiger partial charge < -0.3 is 5.32 Å². The van der Waals surface area contributed by atoms with E-state index in [4.69, 9.17) is 0 Å². The van der Waals surface area contributed by atoms with Gasteiger partial charge in [0.15, 0.2) is 0 Å². The fourth-order valence-electron chi connectivity index (χ4n) is 2.50. The summed E-state index contributed by atoms with van der Waals surface area (Å²) in [6.07, 6.45) is 1.82. The van der Waals surface area contributed by atoms with Crippen molar-refractivity contribution in [2.75, 3.05) is 5.32 Å². The van der Waals surface area contributed by atoms with Crippen LogP contribution >= 0.6 is 0 Å². The average Bonchev–Trinajstić information content (AvgIpc) is 2.58. The highest BCUT2D eigenvalue weighted by molar-refractivity contribution is 5.60. The first kappa shape index (κ1) is 15.2. The monoisotopic (exact) mass is 304 g/mol. The Morgan fingerprint density at radius 2 is 1.83 bits per heavy atom. The van der Waals surface area contributed by atoms with Crippen LogP contribution in [-0.2, 0) is 6.54 Å². The lowest BCUT2D eigenvalue weighted by atomic mass is 10.1. The highest BCUT2D eigenvalue weighted by atomic mass is 15.0. The van der Waals surface area contributed by atoms with Gasteiger partial charge in [-0.15, -0.1) is 0 Å². The molecule has 0 radical (unpaired) electrons. The number of rotatable bonds is 4. The lowest BCUT2D eigenvalue weighted by molar-refractivity contribution is 0.969. The van der Waals surface area contributed by atoms with Gasteiger partial charge in [-0.05, 0) is 44.5 Å². The van der Waals surface area contributed by atoms with Crippen LogP contribution < -0.4 is 5.32 Å². The fourth-order valence-corrected chi connectivity index (χ4v) is 2.50. The minimum atomic E-state index is 0.720. The summed E-state index contributed by atoms with van der Waals surface area (Å²) >= 11 is 0. The summed E-state index contributed by atoms with van der Waals surface area (Å²) in [6, 6.07) is 14.4. The zero-order chi connectivity index (χ0) is 16.2. The van der Waals surface area contributed by atoms with Crippen molar-refractivity contribution < 1.29 is 0 Å². The van der Waals surface area contributed by atoms with E-state index >= 15 is 0 Å². The van der Waals surface area contributed by atoms with Crippen molar-refractivity contribution in [1.82, 2.24) is 15.0 Å². The summed E-state index contributed by atoms with van der Waals surface area (Å²) in [5.41, 5.74) is 5.41. The van der Waals surface area contributed by atoms with Gasteiger partial charge in [0.2, 0.25) is 0 Å². The lowest BCUT2D eigenvalue weighted by Gasteiger charge is -2.12. The SMILES string of the molecule is Cc1nc(C)c(C)c(NCc2cccc(-c3ccccn3)c2)n1. The molecule has 23 heavy (non-hydrogen) atoms. The van der Waals surface area contributed by atoms with Gasteiger partial charge in [-0.1, -0.05) is 24.3 Å². The van der Waals surface area contributed by atoms with E-state index in [9.17, 15) is 0 Å². The molecule has 2 heterocycles. The number of pyridine rings is 1. The maximum absolute atomic E-state index is 4.49. The van der Waals surface area contributed by atoms with Gasteiger partial charge in [0, 0.05) is 29.6 Å². The summed E-state index contributed by atoms with van der Waals surface area (Å²) in [5, 5.41) is 3.42. The number of hydrogen-bond acceptors (Lipinski definition) is 4. The predicted molar refractivity (Wildman–Crippen MR) is 93.2 cm³/mol. The van der Waals surface area contributed by atoms with Gasteiger partial charge >= 0.3 is 0 Å². The van der Waals surface area contributed by atoms with Crippen LogP contribution in [0.5, 0.6) is 0 Å². The molecule has 4 nitrogen and oxygen atoms in total. The summed E-state index contributed by atoms with van der Waals surface area (Å²) in [5.74, 6) is 1.69. The van der Waals surface area contributed by atoms with Crippen molar-refractivity contribution in [2.45, 2.75) is 27.3 Å². The molecule has 0 atom stereocenters. The Bertz CT molecular complexity index is 813. The summed E-state index contributed by atoms with van der Waals surface area (Å²) in [6.45, 7) is 6.69. The number of benzene rings is 1. The van der Waals surface area contributed by atoms with Crippen molar-refractivity contribution in [1.29, 1.82) is 0 Å². The number of anilines is 1. The van der Waals surface area contributed by atoms with E-state index in [1.165, 1.54) is 5.56 Å². The molecule has 0 spiro atoms. The summed E-state index contributed by atoms with van der Waals surface area (Å²) in [7, 11) is 0. The highest BCUT2D eigenvalue weighted by Crippen LogP contribution is 2.19. The Labute approximate surface area is 136 Å². The maximum atomic E-state index is 4.49. The number of hydrogen-bond donors (Lipinski definition) is 1. The molecule has 0 aliphatic carbocycles. The molecule has 3 aromatic rings. The Morgan fingerprint density at radius 3 is 2.61 bits per heavy atom. The first-order chi connectivity index (χ1) is 11.1. The average molecular weight is 304 g/mol. The Hall–Kier alpha value is -2.75. The minimum Gasteiger partial charge on any atom is -0.366 e. The van der Waals surface area contributed by atoms with Crippen LogP contribution in [0.25, 0.3) is 11.3 Å². The normalized spacial score (nSPS) is 10.6. The smallest absolute Gasteiger partial charge is 0.133 e.